The van der Waals surface area contributed by atoms with Crippen LogP contribution in [0.25, 0.3) is 0 Å². The van der Waals surface area contributed by atoms with Gasteiger partial charge in [-0.2, -0.15) is 0 Å². The Balaban J connectivity index is 1.46. The number of aryl methyl sites for hydroxylation is 1. The Kier molecular flexibility index (Phi) is 5.34. The van der Waals surface area contributed by atoms with Crippen molar-refractivity contribution in [2.24, 2.45) is 17.8 Å². The van der Waals surface area contributed by atoms with Gasteiger partial charge in [-0.15, -0.1) is 0 Å². The number of carbonyl (C=O) groups excluding carboxylic acids is 2. The lowest BCUT2D eigenvalue weighted by molar-refractivity contribution is -0.125. The molecule has 3 atom stereocenters. The highest BCUT2D eigenvalue weighted by atomic mass is 16.6. The number of carbonyl (C=O) groups is 2. The average molecular weight is 389 g/mol. The molecule has 2 aliphatic rings. The molecule has 1 aromatic carbocycles. The first-order valence-corrected chi connectivity index (χ1v) is 9.95. The Bertz CT molecular complexity index is 741. The Labute approximate surface area is 167 Å². The maximum absolute atomic E-state index is 12.7. The van der Waals surface area contributed by atoms with Gasteiger partial charge in [0.05, 0.1) is 5.54 Å². The van der Waals surface area contributed by atoms with Crippen molar-refractivity contribution in [3.05, 3.63) is 29.8 Å². The van der Waals surface area contributed by atoms with Crippen LogP contribution >= 0.6 is 0 Å². The molecule has 0 radical (unpaired) electrons. The summed E-state index contributed by atoms with van der Waals surface area (Å²) >= 11 is 0. The van der Waals surface area contributed by atoms with Gasteiger partial charge in [-0.05, 0) is 65.0 Å². The molecule has 1 saturated carbocycles. The highest BCUT2D eigenvalue weighted by molar-refractivity contribution is 5.84. The molecule has 1 aliphatic heterocycles. The molecular weight excluding hydrogens is 356 g/mol. The van der Waals surface area contributed by atoms with Crippen molar-refractivity contribution in [3.8, 4) is 5.75 Å². The molecule has 0 spiro atoms. The molecule has 28 heavy (non-hydrogen) atoms. The number of piperidine rings is 1. The number of hydrogen-bond acceptors (Lipinski definition) is 4. The SMILES string of the molecule is Cc1ccccc1OCC(C)(C)NC(=O)C1[C@H]2CN(C(=O)OC(C)(C)C)C[C@@H]12. The first-order chi connectivity index (χ1) is 13.0. The summed E-state index contributed by atoms with van der Waals surface area (Å²) in [5.74, 6) is 1.34. The average Bonchev–Trinajstić information content (AvgIpc) is 3.07. The Hall–Kier alpha value is -2.24. The lowest BCUT2D eigenvalue weighted by atomic mass is 10.1. The summed E-state index contributed by atoms with van der Waals surface area (Å²) < 4.78 is 11.3. The van der Waals surface area contributed by atoms with Gasteiger partial charge < -0.3 is 19.7 Å². The van der Waals surface area contributed by atoms with Crippen LogP contribution in [0, 0.1) is 24.7 Å². The standard InChI is InChI=1S/C22H32N2O4/c1-14-9-7-8-10-17(14)27-13-22(5,6)23-19(25)18-15-11-24(12-16(15)18)20(26)28-21(2,3)4/h7-10,15-16,18H,11-13H2,1-6H3,(H,23,25)/t15-,16+,18?. The van der Waals surface area contributed by atoms with Gasteiger partial charge in [0.1, 0.15) is 18.0 Å². The second-order valence-electron chi connectivity index (χ2n) is 9.67. The summed E-state index contributed by atoms with van der Waals surface area (Å²) in [4.78, 5) is 26.6. The molecule has 1 heterocycles. The van der Waals surface area contributed by atoms with Crippen LogP contribution in [0.2, 0.25) is 0 Å². The zero-order valence-corrected chi connectivity index (χ0v) is 17.7. The van der Waals surface area contributed by atoms with Crippen molar-refractivity contribution >= 4 is 12.0 Å². The van der Waals surface area contributed by atoms with Crippen LogP contribution in [0.4, 0.5) is 4.79 Å². The van der Waals surface area contributed by atoms with Crippen molar-refractivity contribution in [2.75, 3.05) is 19.7 Å². The smallest absolute Gasteiger partial charge is 0.410 e. The van der Waals surface area contributed by atoms with E-state index in [9.17, 15) is 9.59 Å². The van der Waals surface area contributed by atoms with Gasteiger partial charge in [0.25, 0.3) is 0 Å². The van der Waals surface area contributed by atoms with E-state index in [0.29, 0.717) is 19.7 Å². The van der Waals surface area contributed by atoms with Crippen LogP contribution in [-0.2, 0) is 9.53 Å². The van der Waals surface area contributed by atoms with Crippen molar-refractivity contribution in [1.29, 1.82) is 0 Å². The number of amides is 2. The zero-order valence-electron chi connectivity index (χ0n) is 17.7. The zero-order chi connectivity index (χ0) is 20.7. The lowest BCUT2D eigenvalue weighted by Gasteiger charge is -2.28. The number of ether oxygens (including phenoxy) is 2. The van der Waals surface area contributed by atoms with Crippen LogP contribution in [0.3, 0.4) is 0 Å². The molecule has 2 fully saturated rings. The summed E-state index contributed by atoms with van der Waals surface area (Å²) in [5, 5.41) is 3.12. The third-order valence-electron chi connectivity index (χ3n) is 5.29. The minimum Gasteiger partial charge on any atom is -0.491 e. The van der Waals surface area contributed by atoms with E-state index in [4.69, 9.17) is 9.47 Å². The largest absolute Gasteiger partial charge is 0.491 e. The quantitative estimate of drug-likeness (QED) is 0.840. The van der Waals surface area contributed by atoms with Gasteiger partial charge in [-0.1, -0.05) is 18.2 Å². The molecule has 1 aliphatic carbocycles. The van der Waals surface area contributed by atoms with Crippen molar-refractivity contribution in [3.63, 3.8) is 0 Å². The van der Waals surface area contributed by atoms with E-state index in [0.717, 1.165) is 11.3 Å². The predicted molar refractivity (Wildman–Crippen MR) is 107 cm³/mol. The van der Waals surface area contributed by atoms with Crippen LogP contribution < -0.4 is 10.1 Å². The molecule has 1 N–H and O–H groups in total. The van der Waals surface area contributed by atoms with E-state index in [1.807, 2.05) is 65.8 Å². The van der Waals surface area contributed by atoms with E-state index < -0.39 is 11.1 Å². The number of fused-ring (bicyclic) bond motifs is 1. The van der Waals surface area contributed by atoms with Gasteiger partial charge in [0.2, 0.25) is 5.91 Å². The van der Waals surface area contributed by atoms with Gasteiger partial charge in [-0.3, -0.25) is 4.79 Å². The minimum absolute atomic E-state index is 0.0172. The van der Waals surface area contributed by atoms with E-state index in [-0.39, 0.29) is 29.8 Å². The molecular formula is C22H32N2O4. The summed E-state index contributed by atoms with van der Waals surface area (Å²) in [7, 11) is 0. The van der Waals surface area contributed by atoms with E-state index in [1.54, 1.807) is 4.90 Å². The highest BCUT2D eigenvalue weighted by Gasteiger charge is 2.61. The maximum atomic E-state index is 12.7. The topological polar surface area (TPSA) is 67.9 Å². The second-order valence-corrected chi connectivity index (χ2v) is 9.67. The van der Waals surface area contributed by atoms with Gasteiger partial charge in [0.15, 0.2) is 0 Å². The van der Waals surface area contributed by atoms with E-state index >= 15 is 0 Å². The first-order valence-electron chi connectivity index (χ1n) is 9.95. The molecule has 1 unspecified atom stereocenters. The third kappa shape index (κ3) is 4.78. The summed E-state index contributed by atoms with van der Waals surface area (Å²) in [6.45, 7) is 13.1. The fourth-order valence-corrected chi connectivity index (χ4v) is 3.82. The van der Waals surface area contributed by atoms with Crippen LogP contribution in [-0.4, -0.2) is 47.7 Å². The molecule has 1 saturated heterocycles. The fourth-order valence-electron chi connectivity index (χ4n) is 3.82. The molecule has 1 aromatic rings. The maximum Gasteiger partial charge on any atom is 0.410 e. The lowest BCUT2D eigenvalue weighted by Crippen LogP contribution is -2.49. The summed E-state index contributed by atoms with van der Waals surface area (Å²) in [6, 6.07) is 7.85. The summed E-state index contributed by atoms with van der Waals surface area (Å²) in [6.07, 6.45) is -0.286. The highest BCUT2D eigenvalue weighted by Crippen LogP contribution is 2.52. The third-order valence-corrected chi connectivity index (χ3v) is 5.29. The normalized spacial score (nSPS) is 23.8. The fraction of sp³-hybridized carbons (Fsp3) is 0.636. The Morgan fingerprint density at radius 1 is 1.11 bits per heavy atom. The predicted octanol–water partition coefficient (Wildman–Crippen LogP) is 3.38. The monoisotopic (exact) mass is 388 g/mol. The molecule has 6 heteroatoms. The molecule has 3 rings (SSSR count). The van der Waals surface area contributed by atoms with Crippen molar-refractivity contribution < 1.29 is 19.1 Å². The minimum atomic E-state index is -0.498. The van der Waals surface area contributed by atoms with Crippen LogP contribution in [0.15, 0.2) is 24.3 Å². The molecule has 0 aromatic heterocycles. The van der Waals surface area contributed by atoms with E-state index in [2.05, 4.69) is 5.32 Å². The molecule has 0 bridgehead atoms. The Morgan fingerprint density at radius 2 is 1.71 bits per heavy atom. The van der Waals surface area contributed by atoms with Crippen LogP contribution in [0.1, 0.15) is 40.2 Å². The van der Waals surface area contributed by atoms with Gasteiger partial charge >= 0.3 is 6.09 Å². The van der Waals surface area contributed by atoms with Gasteiger partial charge in [0, 0.05) is 19.0 Å². The van der Waals surface area contributed by atoms with E-state index in [1.165, 1.54) is 0 Å². The number of likely N-dealkylation sites (tertiary alicyclic amines) is 1. The van der Waals surface area contributed by atoms with Crippen molar-refractivity contribution in [2.45, 2.75) is 52.7 Å². The second kappa shape index (κ2) is 7.30. The number of nitrogens with zero attached hydrogens (tertiary/aromatic N) is 1. The number of nitrogens with one attached hydrogen (secondary N) is 1. The molecule has 6 nitrogen and oxygen atoms in total. The number of hydrogen-bond donors (Lipinski definition) is 1. The molecule has 154 valence electrons. The van der Waals surface area contributed by atoms with Gasteiger partial charge in [-0.25, -0.2) is 4.79 Å². The number of benzene rings is 1. The Morgan fingerprint density at radius 3 is 2.29 bits per heavy atom. The van der Waals surface area contributed by atoms with Crippen molar-refractivity contribution in [1.82, 2.24) is 10.2 Å². The number of para-hydroxylation sites is 1. The molecule has 2 amide bonds. The number of rotatable bonds is 5. The summed E-state index contributed by atoms with van der Waals surface area (Å²) in [5.41, 5.74) is 0.103. The first kappa shape index (κ1) is 20.5. The van der Waals surface area contributed by atoms with Crippen LogP contribution in [0.5, 0.6) is 5.75 Å².